The van der Waals surface area contributed by atoms with Crippen molar-refractivity contribution in [1.29, 1.82) is 0 Å². The number of rotatable bonds is 4. The Bertz CT molecular complexity index is 687. The molecule has 6 nitrogen and oxygen atoms in total. The molecule has 1 saturated carbocycles. The third-order valence-electron chi connectivity index (χ3n) is 4.67. The number of carbonyl (C=O) groups excluding carboxylic acids is 1. The molecule has 1 aromatic carbocycles. The van der Waals surface area contributed by atoms with Gasteiger partial charge >= 0.3 is 0 Å². The highest BCUT2D eigenvalue weighted by atomic mass is 35.5. The summed E-state index contributed by atoms with van der Waals surface area (Å²) < 4.78 is 22.3. The molecular weight excluding hydrogens is 338 g/mol. The second-order valence-electron chi connectivity index (χ2n) is 6.37. The summed E-state index contributed by atoms with van der Waals surface area (Å²) in [4.78, 5) is 12.4. The van der Waals surface area contributed by atoms with Gasteiger partial charge in [0.25, 0.3) is 0 Å². The van der Waals surface area contributed by atoms with E-state index in [9.17, 15) is 13.2 Å². The summed E-state index contributed by atoms with van der Waals surface area (Å²) in [5, 5.41) is 11.3. The Morgan fingerprint density at radius 2 is 2.04 bits per heavy atom. The van der Waals surface area contributed by atoms with Crippen molar-refractivity contribution < 1.29 is 13.2 Å². The molecule has 1 saturated heterocycles. The van der Waals surface area contributed by atoms with E-state index in [0.29, 0.717) is 11.3 Å². The third kappa shape index (κ3) is 4.44. The van der Waals surface area contributed by atoms with Gasteiger partial charge in [-0.3, -0.25) is 4.79 Å². The first kappa shape index (κ1) is 18.2. The molecule has 2 aliphatic rings. The number of halogens is 1. The largest absolute Gasteiger partial charge is 0.326 e. The first-order valence-electron chi connectivity index (χ1n) is 7.49. The van der Waals surface area contributed by atoms with Crippen molar-refractivity contribution in [3.63, 3.8) is 0 Å². The van der Waals surface area contributed by atoms with E-state index < -0.39 is 10.0 Å². The van der Waals surface area contributed by atoms with Gasteiger partial charge in [0.15, 0.2) is 0 Å². The number of hydrogen-bond donors (Lipinski definition) is 3. The summed E-state index contributed by atoms with van der Waals surface area (Å²) in [5.74, 6) is -0.110. The Hall–Kier alpha value is -1.15. The van der Waals surface area contributed by atoms with Gasteiger partial charge < -0.3 is 10.6 Å². The Morgan fingerprint density at radius 3 is 2.70 bits per heavy atom. The van der Waals surface area contributed by atoms with Crippen LogP contribution in [0.25, 0.3) is 0 Å². The number of anilines is 1. The molecule has 1 heterocycles. The number of amides is 1. The standard InChI is InChI=1S/C15H21N3O3S.ClH/c16-22(20,21)10-11-2-1-3-12(8-11)18-14(19)13-9-15(13)4-6-17-7-5-15;/h1-3,8,13,17H,4-7,9-10H2,(H,18,19)(H2,16,20,21);1H. The summed E-state index contributed by atoms with van der Waals surface area (Å²) >= 11 is 0. The van der Waals surface area contributed by atoms with Crippen LogP contribution in [0.1, 0.15) is 24.8 Å². The van der Waals surface area contributed by atoms with Crippen LogP contribution in [0, 0.1) is 11.3 Å². The van der Waals surface area contributed by atoms with E-state index in [1.165, 1.54) is 0 Å². The van der Waals surface area contributed by atoms with Gasteiger partial charge in [-0.25, -0.2) is 13.6 Å². The Kier molecular flexibility index (Phi) is 5.35. The molecule has 1 aliphatic heterocycles. The van der Waals surface area contributed by atoms with Gasteiger partial charge in [0.05, 0.1) is 5.75 Å². The number of nitrogens with two attached hydrogens (primary N) is 1. The van der Waals surface area contributed by atoms with Gasteiger partial charge in [-0.05, 0) is 55.5 Å². The Labute approximate surface area is 142 Å². The first-order chi connectivity index (χ1) is 10.4. The molecule has 3 rings (SSSR count). The first-order valence-corrected chi connectivity index (χ1v) is 9.21. The van der Waals surface area contributed by atoms with Crippen molar-refractivity contribution in [2.45, 2.75) is 25.0 Å². The van der Waals surface area contributed by atoms with Gasteiger partial charge in [0, 0.05) is 11.6 Å². The SMILES string of the molecule is Cl.NS(=O)(=O)Cc1cccc(NC(=O)C2CC23CCNCC3)c1. The second-order valence-corrected chi connectivity index (χ2v) is 7.98. The normalized spacial score (nSPS) is 22.2. The lowest BCUT2D eigenvalue weighted by molar-refractivity contribution is -0.118. The van der Waals surface area contributed by atoms with Crippen molar-refractivity contribution in [3.8, 4) is 0 Å². The Morgan fingerprint density at radius 1 is 1.35 bits per heavy atom. The molecule has 1 atom stereocenters. The molecule has 128 valence electrons. The third-order valence-corrected chi connectivity index (χ3v) is 5.40. The maximum absolute atomic E-state index is 12.4. The monoisotopic (exact) mass is 359 g/mol. The predicted molar refractivity (Wildman–Crippen MR) is 91.8 cm³/mol. The molecule has 1 spiro atoms. The molecular formula is C15H22ClN3O3S. The van der Waals surface area contributed by atoms with E-state index in [1.54, 1.807) is 24.3 Å². The van der Waals surface area contributed by atoms with Crippen molar-refractivity contribution in [2.75, 3.05) is 18.4 Å². The van der Waals surface area contributed by atoms with Crippen LogP contribution in [-0.2, 0) is 20.6 Å². The maximum Gasteiger partial charge on any atom is 0.228 e. The summed E-state index contributed by atoms with van der Waals surface area (Å²) in [5.41, 5.74) is 1.39. The van der Waals surface area contributed by atoms with Gasteiger partial charge in [-0.1, -0.05) is 12.1 Å². The molecule has 8 heteroatoms. The second kappa shape index (κ2) is 6.76. The zero-order chi connectivity index (χ0) is 15.8. The summed E-state index contributed by atoms with van der Waals surface area (Å²) in [7, 11) is -3.57. The van der Waals surface area contributed by atoms with Crippen LogP contribution < -0.4 is 15.8 Å². The molecule has 23 heavy (non-hydrogen) atoms. The lowest BCUT2D eigenvalue weighted by atomic mass is 9.92. The van der Waals surface area contributed by atoms with Gasteiger partial charge in [-0.2, -0.15) is 0 Å². The van der Waals surface area contributed by atoms with E-state index in [4.69, 9.17) is 5.14 Å². The minimum Gasteiger partial charge on any atom is -0.326 e. The van der Waals surface area contributed by atoms with E-state index >= 15 is 0 Å². The average molecular weight is 360 g/mol. The van der Waals surface area contributed by atoms with E-state index in [1.807, 2.05) is 0 Å². The number of primary sulfonamides is 1. The molecule has 2 fully saturated rings. The summed E-state index contributed by atoms with van der Waals surface area (Å²) in [6.07, 6.45) is 3.06. The average Bonchev–Trinajstić information content (AvgIpc) is 3.11. The van der Waals surface area contributed by atoms with E-state index in [-0.39, 0.29) is 35.4 Å². The molecule has 1 amide bonds. The van der Waals surface area contributed by atoms with Gasteiger partial charge in [-0.15, -0.1) is 12.4 Å². The maximum atomic E-state index is 12.4. The lowest BCUT2D eigenvalue weighted by Crippen LogP contribution is -2.31. The molecule has 1 aromatic rings. The molecule has 0 aromatic heterocycles. The van der Waals surface area contributed by atoms with Crippen LogP contribution in [0.5, 0.6) is 0 Å². The molecule has 1 unspecified atom stereocenters. The molecule has 1 aliphatic carbocycles. The number of benzene rings is 1. The quantitative estimate of drug-likeness (QED) is 0.752. The molecule has 4 N–H and O–H groups in total. The van der Waals surface area contributed by atoms with Gasteiger partial charge in [0.1, 0.15) is 0 Å². The van der Waals surface area contributed by atoms with Crippen molar-refractivity contribution in [2.24, 2.45) is 16.5 Å². The molecule has 0 bridgehead atoms. The smallest absolute Gasteiger partial charge is 0.228 e. The summed E-state index contributed by atoms with van der Waals surface area (Å²) in [6, 6.07) is 6.84. The van der Waals surface area contributed by atoms with Crippen molar-refractivity contribution in [1.82, 2.24) is 5.32 Å². The number of hydrogen-bond acceptors (Lipinski definition) is 4. The topological polar surface area (TPSA) is 101 Å². The van der Waals surface area contributed by atoms with Crippen LogP contribution >= 0.6 is 12.4 Å². The number of nitrogens with one attached hydrogen (secondary N) is 2. The lowest BCUT2D eigenvalue weighted by Gasteiger charge is -2.23. The van der Waals surface area contributed by atoms with Crippen LogP contribution in [0.2, 0.25) is 0 Å². The number of piperidine rings is 1. The fourth-order valence-electron chi connectivity index (χ4n) is 3.40. The zero-order valence-electron chi connectivity index (χ0n) is 12.7. The van der Waals surface area contributed by atoms with E-state index in [0.717, 1.165) is 32.4 Å². The van der Waals surface area contributed by atoms with Crippen LogP contribution in [0.15, 0.2) is 24.3 Å². The Balaban J connectivity index is 0.00000192. The van der Waals surface area contributed by atoms with Crippen LogP contribution in [-0.4, -0.2) is 27.4 Å². The number of carbonyl (C=O) groups is 1. The molecule has 0 radical (unpaired) electrons. The van der Waals surface area contributed by atoms with Crippen LogP contribution in [0.3, 0.4) is 0 Å². The van der Waals surface area contributed by atoms with E-state index in [2.05, 4.69) is 10.6 Å². The zero-order valence-corrected chi connectivity index (χ0v) is 14.4. The fraction of sp³-hybridized carbons (Fsp3) is 0.533. The highest BCUT2D eigenvalue weighted by Gasteiger charge is 2.57. The highest BCUT2D eigenvalue weighted by molar-refractivity contribution is 7.88. The van der Waals surface area contributed by atoms with Crippen LogP contribution in [0.4, 0.5) is 5.69 Å². The van der Waals surface area contributed by atoms with Crippen molar-refractivity contribution in [3.05, 3.63) is 29.8 Å². The summed E-state index contributed by atoms with van der Waals surface area (Å²) in [6.45, 7) is 1.96. The minimum atomic E-state index is -3.57. The van der Waals surface area contributed by atoms with Gasteiger partial charge in [0.2, 0.25) is 15.9 Å². The fourth-order valence-corrected chi connectivity index (χ4v) is 4.04. The minimum absolute atomic E-state index is 0. The highest BCUT2D eigenvalue weighted by Crippen LogP contribution is 2.58. The van der Waals surface area contributed by atoms with Crippen molar-refractivity contribution >= 4 is 34.0 Å². The predicted octanol–water partition coefficient (Wildman–Crippen LogP) is 1.23. The number of sulfonamides is 1.